The Hall–Kier alpha value is -7.55. The van der Waals surface area contributed by atoms with E-state index in [1.54, 1.807) is 12.5 Å². The molecule has 0 fully saturated rings. The second-order valence-corrected chi connectivity index (χ2v) is 21.0. The minimum absolute atomic E-state index is 0. The predicted molar refractivity (Wildman–Crippen MR) is 322 cm³/mol. The molecule has 1 radical (unpaired) electrons. The molecule has 11 rings (SSSR count). The van der Waals surface area contributed by atoms with Crippen LogP contribution in [0.5, 0.6) is 0 Å². The van der Waals surface area contributed by atoms with Gasteiger partial charge < -0.3 is 24.5 Å². The van der Waals surface area contributed by atoms with E-state index < -0.39 is 10.2 Å². The van der Waals surface area contributed by atoms with E-state index >= 15 is 0 Å². The number of imidazole rings is 1. The molecule has 0 spiro atoms. The number of aryl methyl sites for hydroxylation is 1. The van der Waals surface area contributed by atoms with Crippen LogP contribution in [0, 0.1) is 38.8 Å². The van der Waals surface area contributed by atoms with Crippen LogP contribution in [0.1, 0.15) is 168 Å². The van der Waals surface area contributed by atoms with Crippen molar-refractivity contribution in [2.45, 2.75) is 107 Å². The number of nitrogens with zero attached hydrogens (tertiary/aromatic N) is 7. The van der Waals surface area contributed by atoms with E-state index in [0.29, 0.717) is 0 Å². The zero-order valence-electron chi connectivity index (χ0n) is 49.6. The van der Waals surface area contributed by atoms with Gasteiger partial charge in [-0.05, 0) is 130 Å². The number of hydrogen-bond donors (Lipinski definition) is 0. The van der Waals surface area contributed by atoms with Crippen LogP contribution in [0.3, 0.4) is 0 Å². The van der Waals surface area contributed by atoms with Gasteiger partial charge in [0.2, 0.25) is 0 Å². The SMILES string of the molecule is CCc1c2[n-]c(c1CC)[C+](c1ccccc1)c1[n-]c(c(CC)c1CC)[C+](c1ccccc1)c1[n-]c(c(CC)c1CC)[C+](c1ccccc1)c1[n-]c(c(CC)c1CC)[C+]2c1ccccc1.Clc1ccccc1.Cn1ccnc1.[Fe].[N]=O.[O-][Cl+3]([O-])([O-])[O-]. The van der Waals surface area contributed by atoms with Gasteiger partial charge in [-0.25, -0.2) is 23.6 Å². The van der Waals surface area contributed by atoms with Crippen LogP contribution in [-0.2, 0) is 75.5 Å². The molecule has 5 aromatic heterocycles. The fourth-order valence-electron chi connectivity index (χ4n) is 11.5. The molecule has 1 aliphatic heterocycles. The zero-order valence-corrected chi connectivity index (χ0v) is 52.2. The van der Waals surface area contributed by atoms with Crippen molar-refractivity contribution in [3.63, 3.8) is 0 Å². The fourth-order valence-corrected chi connectivity index (χ4v) is 11.7. The van der Waals surface area contributed by atoms with Gasteiger partial charge in [0, 0.05) is 210 Å². The average molecular weight is 1220 g/mol. The van der Waals surface area contributed by atoms with Gasteiger partial charge in [-0.2, -0.15) is 0 Å². The van der Waals surface area contributed by atoms with Crippen LogP contribution in [0.25, 0.3) is 0 Å². The minimum Gasteiger partial charge on any atom is -0.628 e. The monoisotopic (exact) mass is 1220 g/mol. The molecule has 0 atom stereocenters. The molecule has 12 nitrogen and oxygen atoms in total. The van der Waals surface area contributed by atoms with Gasteiger partial charge >= 0.3 is 0 Å². The predicted octanol–water partition coefficient (Wildman–Crippen LogP) is 9.96. The number of benzene rings is 5. The molecule has 5 aromatic carbocycles. The summed E-state index contributed by atoms with van der Waals surface area (Å²) in [5.41, 5.74) is 28.7. The number of nitroso groups, excluding NO2 is 1. The molecule has 0 aliphatic carbocycles. The van der Waals surface area contributed by atoms with Crippen molar-refractivity contribution in [1.29, 1.82) is 0 Å². The molecular formula is C70H71Cl2FeN7O5-. The van der Waals surface area contributed by atoms with E-state index in [0.717, 1.165) is 148 Å². The van der Waals surface area contributed by atoms with Crippen LogP contribution in [0.4, 0.5) is 0 Å². The Morgan fingerprint density at radius 2 is 0.588 bits per heavy atom. The van der Waals surface area contributed by atoms with Crippen LogP contribution in [0.15, 0.2) is 170 Å². The molecule has 0 saturated carbocycles. The number of hydrogen-bond acceptors (Lipinski definition) is 6. The van der Waals surface area contributed by atoms with Crippen LogP contribution >= 0.6 is 11.6 Å². The molecule has 6 heterocycles. The van der Waals surface area contributed by atoms with E-state index in [1.165, 1.54) is 44.5 Å². The Labute approximate surface area is 519 Å². The van der Waals surface area contributed by atoms with Crippen molar-refractivity contribution in [2.24, 2.45) is 7.05 Å². The largest absolute Gasteiger partial charge is 0.628 e. The zero-order chi connectivity index (χ0) is 60.5. The average Bonchev–Trinajstić information content (AvgIpc) is 1.75. The van der Waals surface area contributed by atoms with Gasteiger partial charge in [0.05, 0.1) is 28.6 Å². The van der Waals surface area contributed by atoms with Crippen LogP contribution < -0.4 is 44.2 Å². The summed E-state index contributed by atoms with van der Waals surface area (Å²) in [5, 5.41) is 0.794. The summed E-state index contributed by atoms with van der Waals surface area (Å²) in [7, 11) is -3.01. The third kappa shape index (κ3) is 15.1. The van der Waals surface area contributed by atoms with Gasteiger partial charge in [0.25, 0.3) is 0 Å². The molecule has 0 saturated heterocycles. The maximum absolute atomic E-state index is 8.49. The third-order valence-corrected chi connectivity index (χ3v) is 15.2. The normalized spacial score (nSPS) is 11.7. The summed E-state index contributed by atoms with van der Waals surface area (Å²) in [6.45, 7) is 18.4. The van der Waals surface area contributed by atoms with Crippen molar-refractivity contribution < 1.29 is 45.9 Å². The van der Waals surface area contributed by atoms with Gasteiger partial charge in [0.1, 0.15) is 5.59 Å². The van der Waals surface area contributed by atoms with Gasteiger partial charge in [-0.15, -0.1) is 15.2 Å². The molecule has 439 valence electrons. The van der Waals surface area contributed by atoms with E-state index in [1.807, 2.05) is 48.1 Å². The Morgan fingerprint density at radius 3 is 0.706 bits per heavy atom. The number of halogens is 2. The van der Waals surface area contributed by atoms with Crippen molar-refractivity contribution in [3.8, 4) is 0 Å². The minimum atomic E-state index is -4.94. The van der Waals surface area contributed by atoms with Crippen LogP contribution in [-0.4, -0.2) is 9.55 Å². The third-order valence-electron chi connectivity index (χ3n) is 15.0. The van der Waals surface area contributed by atoms with Crippen molar-refractivity contribution in [1.82, 2.24) is 35.1 Å². The second-order valence-electron chi connectivity index (χ2n) is 19.8. The van der Waals surface area contributed by atoms with Crippen molar-refractivity contribution >= 4 is 11.6 Å². The summed E-state index contributed by atoms with van der Waals surface area (Å²) in [5.74, 6) is 4.41. The molecule has 85 heavy (non-hydrogen) atoms. The molecule has 0 N–H and O–H groups in total. The molecule has 8 bridgehead atoms. The first kappa shape index (κ1) is 66.6. The number of aromatic nitrogens is 6. The summed E-state index contributed by atoms with van der Waals surface area (Å²) in [6.07, 6.45) is 12.1. The molecule has 10 aromatic rings. The van der Waals surface area contributed by atoms with Gasteiger partial charge in [0.15, 0.2) is 0 Å². The van der Waals surface area contributed by atoms with Crippen molar-refractivity contribution in [3.05, 3.63) is 316 Å². The van der Waals surface area contributed by atoms with E-state index in [2.05, 4.69) is 182 Å². The Morgan fingerprint density at radius 1 is 0.400 bits per heavy atom. The van der Waals surface area contributed by atoms with E-state index in [-0.39, 0.29) is 17.1 Å². The molecule has 0 amide bonds. The summed E-state index contributed by atoms with van der Waals surface area (Å²) in [4.78, 5) is 34.9. The number of fused-ring (bicyclic) bond motifs is 8. The number of rotatable bonds is 12. The molecule has 1 aliphatic rings. The Balaban J connectivity index is 0.000000470. The second kappa shape index (κ2) is 31.5. The fraction of sp³-hybridized carbons (Fsp3) is 0.243. The van der Waals surface area contributed by atoms with Gasteiger partial charge in [-0.1, -0.05) is 85.2 Å². The Bertz CT molecular complexity index is 3080. The summed E-state index contributed by atoms with van der Waals surface area (Å²) >= 11 is 5.54. The molecule has 0 unspecified atom stereocenters. The van der Waals surface area contributed by atoms with Crippen LogP contribution in [0.2, 0.25) is 5.02 Å². The molecule has 15 heteroatoms. The first-order valence-corrected chi connectivity index (χ1v) is 30.2. The standard InChI is InChI=1S/C60H60N4.C6H5Cl.C4H6N2.ClHO4.Fe.NO/c1-9-41-42(10-2)54-50(38-31-23-18-24-32-38)56-45(13-5)46(14-6)58(63-56)52(40-35-27-20-28-36-40)60-48(16-8)47(15-7)59(64-60)51(39-33-25-19-26-34-39)57-44(12-4)43(11-3)55(62-57)49(53(41)61-54)37-29-21-17-22-30-37;7-6-4-2-1-3-5-6;1-6-3-2-5-4-6;2-1(3,4)5;;1-2/h17-36H,9-16H2,1-8H3;1-5H;2-4H,1H3;(H,2,3,4,5);;/p-1. The first-order valence-electron chi connectivity index (χ1n) is 28.6. The van der Waals surface area contributed by atoms with E-state index in [9.17, 15) is 0 Å². The molecular weight excluding hydrogens is 1150 g/mol. The maximum atomic E-state index is 8.49. The quantitative estimate of drug-likeness (QED) is 0.0836. The van der Waals surface area contributed by atoms with E-state index in [4.69, 9.17) is 60.7 Å². The summed E-state index contributed by atoms with van der Waals surface area (Å²) in [6, 6.07) is 53.1. The first-order chi connectivity index (χ1) is 40.7. The smallest absolute Gasteiger partial charge is 0.120 e. The summed E-state index contributed by atoms with van der Waals surface area (Å²) < 4.78 is 35.9. The van der Waals surface area contributed by atoms with Crippen molar-refractivity contribution in [2.75, 3.05) is 0 Å². The maximum Gasteiger partial charge on any atom is 0.120 e. The van der Waals surface area contributed by atoms with Gasteiger partial charge in [-0.3, -0.25) is 0 Å². The Kier molecular flexibility index (Phi) is 24.7. The topological polar surface area (TPSA) is 206 Å².